The van der Waals surface area contributed by atoms with Crippen molar-refractivity contribution < 1.29 is 14.3 Å². The van der Waals surface area contributed by atoms with Crippen molar-refractivity contribution in [1.82, 2.24) is 14.8 Å². The van der Waals surface area contributed by atoms with Gasteiger partial charge < -0.3 is 9.47 Å². The molecule has 1 saturated carbocycles. The molecule has 0 amide bonds. The van der Waals surface area contributed by atoms with Crippen molar-refractivity contribution in [2.24, 2.45) is 11.3 Å². The number of carbonyl (C=O) groups is 1. The third-order valence-corrected chi connectivity index (χ3v) is 6.92. The molecular formula is C22H33N3O3. The van der Waals surface area contributed by atoms with Gasteiger partial charge in [-0.3, -0.25) is 19.6 Å². The highest BCUT2D eigenvalue weighted by Crippen LogP contribution is 2.48. The Bertz CT molecular complexity index is 650. The van der Waals surface area contributed by atoms with Crippen LogP contribution in [0.25, 0.3) is 0 Å². The molecule has 0 aromatic carbocycles. The van der Waals surface area contributed by atoms with Crippen molar-refractivity contribution in [2.45, 2.75) is 45.2 Å². The van der Waals surface area contributed by atoms with E-state index in [-0.39, 0.29) is 11.4 Å². The average molecular weight is 388 g/mol. The van der Waals surface area contributed by atoms with Gasteiger partial charge in [0, 0.05) is 38.4 Å². The van der Waals surface area contributed by atoms with Crippen LogP contribution in [-0.2, 0) is 20.8 Å². The fourth-order valence-corrected chi connectivity index (χ4v) is 5.46. The summed E-state index contributed by atoms with van der Waals surface area (Å²) in [7, 11) is 0. The molecule has 3 aliphatic rings. The minimum absolute atomic E-state index is 0.0196. The van der Waals surface area contributed by atoms with Gasteiger partial charge in [-0.2, -0.15) is 0 Å². The van der Waals surface area contributed by atoms with Gasteiger partial charge in [0.25, 0.3) is 0 Å². The van der Waals surface area contributed by atoms with E-state index in [1.807, 2.05) is 25.3 Å². The molecule has 154 valence electrons. The summed E-state index contributed by atoms with van der Waals surface area (Å²) >= 11 is 0. The smallest absolute Gasteiger partial charge is 0.313 e. The van der Waals surface area contributed by atoms with Crippen molar-refractivity contribution in [3.8, 4) is 0 Å². The van der Waals surface area contributed by atoms with Gasteiger partial charge in [0.1, 0.15) is 0 Å². The van der Waals surface area contributed by atoms with Gasteiger partial charge in [-0.1, -0.05) is 6.07 Å². The second-order valence-corrected chi connectivity index (χ2v) is 8.47. The number of hydrogen-bond donors (Lipinski definition) is 0. The number of pyridine rings is 1. The van der Waals surface area contributed by atoms with Gasteiger partial charge in [0.2, 0.25) is 0 Å². The summed E-state index contributed by atoms with van der Waals surface area (Å²) in [4.78, 5) is 22.6. The van der Waals surface area contributed by atoms with E-state index in [4.69, 9.17) is 9.47 Å². The zero-order valence-electron chi connectivity index (χ0n) is 17.0. The predicted molar refractivity (Wildman–Crippen MR) is 107 cm³/mol. The van der Waals surface area contributed by atoms with Crippen molar-refractivity contribution >= 4 is 5.97 Å². The predicted octanol–water partition coefficient (Wildman–Crippen LogP) is 2.34. The minimum atomic E-state index is -0.355. The van der Waals surface area contributed by atoms with Crippen LogP contribution in [0.1, 0.15) is 38.3 Å². The second-order valence-electron chi connectivity index (χ2n) is 8.47. The van der Waals surface area contributed by atoms with Crippen LogP contribution in [-0.4, -0.2) is 72.8 Å². The Morgan fingerprint density at radius 1 is 1.29 bits per heavy atom. The van der Waals surface area contributed by atoms with E-state index in [2.05, 4.69) is 20.9 Å². The quantitative estimate of drug-likeness (QED) is 0.723. The monoisotopic (exact) mass is 387 g/mol. The third-order valence-electron chi connectivity index (χ3n) is 6.92. The number of nitrogens with zero attached hydrogens (tertiary/aromatic N) is 3. The maximum atomic E-state index is 13.1. The van der Waals surface area contributed by atoms with Gasteiger partial charge in [-0.05, 0) is 57.2 Å². The van der Waals surface area contributed by atoms with Gasteiger partial charge >= 0.3 is 5.97 Å². The zero-order valence-corrected chi connectivity index (χ0v) is 17.0. The fraction of sp³-hybridized carbons (Fsp3) is 0.727. The van der Waals surface area contributed by atoms with Gasteiger partial charge in [-0.25, -0.2) is 0 Å². The molecule has 3 fully saturated rings. The van der Waals surface area contributed by atoms with Crippen LogP contribution in [0, 0.1) is 11.3 Å². The number of likely N-dealkylation sites (tertiary alicyclic amines) is 1. The number of fused-ring (bicyclic) bond motifs is 1. The Kier molecular flexibility index (Phi) is 6.28. The van der Waals surface area contributed by atoms with E-state index < -0.39 is 0 Å². The Balaban J connectivity index is 1.48. The Labute approximate surface area is 168 Å². The van der Waals surface area contributed by atoms with Gasteiger partial charge in [0.05, 0.1) is 30.9 Å². The van der Waals surface area contributed by atoms with E-state index in [0.717, 1.165) is 77.3 Å². The maximum absolute atomic E-state index is 13.1. The van der Waals surface area contributed by atoms with Gasteiger partial charge in [-0.15, -0.1) is 0 Å². The van der Waals surface area contributed by atoms with Crippen LogP contribution in [0.15, 0.2) is 24.4 Å². The lowest BCUT2D eigenvalue weighted by atomic mass is 9.61. The summed E-state index contributed by atoms with van der Waals surface area (Å²) in [6.45, 7) is 8.72. The first-order chi connectivity index (χ1) is 13.7. The van der Waals surface area contributed by atoms with Crippen molar-refractivity contribution in [3.05, 3.63) is 30.1 Å². The number of ether oxygens (including phenoxy) is 2. The lowest BCUT2D eigenvalue weighted by molar-refractivity contribution is -0.170. The highest BCUT2D eigenvalue weighted by Gasteiger charge is 2.53. The molecule has 1 aliphatic carbocycles. The number of hydrogen-bond acceptors (Lipinski definition) is 6. The van der Waals surface area contributed by atoms with E-state index in [9.17, 15) is 4.79 Å². The normalized spacial score (nSPS) is 31.9. The molecule has 3 atom stereocenters. The lowest BCUT2D eigenvalue weighted by Crippen LogP contribution is -2.58. The highest BCUT2D eigenvalue weighted by atomic mass is 16.5. The molecule has 1 aromatic rings. The Hall–Kier alpha value is -1.50. The van der Waals surface area contributed by atoms with Crippen molar-refractivity contribution in [2.75, 3.05) is 46.0 Å². The van der Waals surface area contributed by atoms with Crippen LogP contribution in [0.4, 0.5) is 0 Å². The van der Waals surface area contributed by atoms with E-state index in [1.54, 1.807) is 0 Å². The van der Waals surface area contributed by atoms with Gasteiger partial charge in [0.15, 0.2) is 0 Å². The standard InChI is InChI=1S/C22H33N3O3/c1-2-28-21(26)22-8-6-20(25-11-13-27-14-12-25)15-18(22)7-10-24(17-22)16-19-5-3-4-9-23-19/h3-5,9,18,20H,2,6-8,10-17H2,1H3/t18-,20-,22-/m1/s1. The molecule has 1 aromatic heterocycles. The maximum Gasteiger partial charge on any atom is 0.313 e. The molecule has 6 heteroatoms. The van der Waals surface area contributed by atoms with Crippen LogP contribution in [0.5, 0.6) is 0 Å². The molecule has 0 unspecified atom stereocenters. The van der Waals surface area contributed by atoms with Crippen LogP contribution in [0.2, 0.25) is 0 Å². The van der Waals surface area contributed by atoms with Crippen LogP contribution in [0.3, 0.4) is 0 Å². The number of aromatic nitrogens is 1. The van der Waals surface area contributed by atoms with E-state index in [0.29, 0.717) is 18.6 Å². The first-order valence-corrected chi connectivity index (χ1v) is 10.8. The number of carbonyl (C=O) groups excluding carboxylic acids is 1. The van der Waals surface area contributed by atoms with Crippen LogP contribution < -0.4 is 0 Å². The van der Waals surface area contributed by atoms with E-state index in [1.165, 1.54) is 0 Å². The molecule has 28 heavy (non-hydrogen) atoms. The third kappa shape index (κ3) is 4.09. The summed E-state index contributed by atoms with van der Waals surface area (Å²) in [5.74, 6) is 0.430. The summed E-state index contributed by atoms with van der Waals surface area (Å²) in [6, 6.07) is 6.63. The molecule has 0 N–H and O–H groups in total. The molecule has 3 heterocycles. The summed E-state index contributed by atoms with van der Waals surface area (Å²) in [5.41, 5.74) is 0.716. The molecular weight excluding hydrogens is 354 g/mol. The molecule has 4 rings (SSSR count). The lowest BCUT2D eigenvalue weighted by Gasteiger charge is -2.52. The number of morpholine rings is 1. The number of rotatable bonds is 5. The number of esters is 1. The van der Waals surface area contributed by atoms with E-state index >= 15 is 0 Å². The zero-order chi connectivity index (χ0) is 19.4. The fourth-order valence-electron chi connectivity index (χ4n) is 5.46. The molecule has 2 saturated heterocycles. The first kappa shape index (κ1) is 19.8. The Morgan fingerprint density at radius 2 is 2.14 bits per heavy atom. The second kappa shape index (κ2) is 8.89. The molecule has 0 spiro atoms. The summed E-state index contributed by atoms with van der Waals surface area (Å²) in [5, 5.41) is 0. The summed E-state index contributed by atoms with van der Waals surface area (Å²) in [6.07, 6.45) is 6.02. The largest absolute Gasteiger partial charge is 0.466 e. The van der Waals surface area contributed by atoms with Crippen molar-refractivity contribution in [3.63, 3.8) is 0 Å². The molecule has 0 radical (unpaired) electrons. The first-order valence-electron chi connectivity index (χ1n) is 10.8. The minimum Gasteiger partial charge on any atom is -0.466 e. The van der Waals surface area contributed by atoms with Crippen molar-refractivity contribution in [1.29, 1.82) is 0 Å². The highest BCUT2D eigenvalue weighted by molar-refractivity contribution is 5.78. The molecule has 2 aliphatic heterocycles. The molecule has 0 bridgehead atoms. The topological polar surface area (TPSA) is 54.9 Å². The SMILES string of the molecule is CCOC(=O)[C@@]12CC[C@@H](N3CCOCC3)C[C@H]1CCN(Cc1ccccn1)C2. The molecule has 6 nitrogen and oxygen atoms in total. The average Bonchev–Trinajstić information content (AvgIpc) is 2.75. The Morgan fingerprint density at radius 3 is 2.89 bits per heavy atom. The number of piperidine rings is 1. The summed E-state index contributed by atoms with van der Waals surface area (Å²) < 4.78 is 11.1. The van der Waals surface area contributed by atoms with Crippen LogP contribution >= 0.6 is 0 Å².